The first-order valence-corrected chi connectivity index (χ1v) is 7.39. The molecule has 22 heavy (non-hydrogen) atoms. The summed E-state index contributed by atoms with van der Waals surface area (Å²) in [6.45, 7) is 3.68. The summed E-state index contributed by atoms with van der Waals surface area (Å²) in [7, 11) is 0. The average Bonchev–Trinajstić information content (AvgIpc) is 2.87. The van der Waals surface area contributed by atoms with Gasteiger partial charge in [0.1, 0.15) is 0 Å². The predicted molar refractivity (Wildman–Crippen MR) is 96.7 cm³/mol. The van der Waals surface area contributed by atoms with E-state index in [1.54, 1.807) is 18.0 Å². The van der Waals surface area contributed by atoms with Gasteiger partial charge in [0.05, 0.1) is 11.0 Å². The van der Waals surface area contributed by atoms with Gasteiger partial charge in [0.2, 0.25) is 0 Å². The highest BCUT2D eigenvalue weighted by atomic mass is 35.5. The fraction of sp³-hybridized carbons (Fsp3) is 0.200. The van der Waals surface area contributed by atoms with E-state index in [2.05, 4.69) is 15.0 Å². The van der Waals surface area contributed by atoms with Crippen LogP contribution in [-0.2, 0) is 5.75 Å². The summed E-state index contributed by atoms with van der Waals surface area (Å²) < 4.78 is 0. The summed E-state index contributed by atoms with van der Waals surface area (Å²) in [6, 6.07) is 7.94. The van der Waals surface area contributed by atoms with Crippen LogP contribution in [0.2, 0.25) is 0 Å². The Kier molecular flexibility index (Phi) is 6.53. The Balaban J connectivity index is 0.00000121. The van der Waals surface area contributed by atoms with Gasteiger partial charge in [0.25, 0.3) is 0 Å². The van der Waals surface area contributed by atoms with Crippen LogP contribution in [0.15, 0.2) is 40.4 Å². The van der Waals surface area contributed by atoms with E-state index in [1.165, 1.54) is 0 Å². The van der Waals surface area contributed by atoms with Gasteiger partial charge < -0.3 is 9.97 Å². The molecule has 7 heteroatoms. The van der Waals surface area contributed by atoms with E-state index in [4.69, 9.17) is 0 Å². The van der Waals surface area contributed by atoms with Crippen molar-refractivity contribution in [2.24, 2.45) is 0 Å². The van der Waals surface area contributed by atoms with Gasteiger partial charge in [-0.25, -0.2) is 4.98 Å². The van der Waals surface area contributed by atoms with Crippen LogP contribution in [0.3, 0.4) is 0 Å². The van der Waals surface area contributed by atoms with Gasteiger partial charge in [0.15, 0.2) is 10.6 Å². The van der Waals surface area contributed by atoms with Crippen LogP contribution in [0.5, 0.6) is 0 Å². The highest BCUT2D eigenvalue weighted by molar-refractivity contribution is 7.98. The van der Waals surface area contributed by atoms with Gasteiger partial charge in [-0.2, -0.15) is 0 Å². The molecule has 2 heterocycles. The summed E-state index contributed by atoms with van der Waals surface area (Å²) in [5.41, 5.74) is 4.59. The van der Waals surface area contributed by atoms with Crippen molar-refractivity contribution in [1.29, 1.82) is 0 Å². The number of aryl methyl sites for hydroxylation is 1. The fourth-order valence-electron chi connectivity index (χ4n) is 2.09. The second-order valence-electron chi connectivity index (χ2n) is 4.75. The number of hydrogen-bond donors (Lipinski definition) is 2. The van der Waals surface area contributed by atoms with Crippen LogP contribution >= 0.6 is 36.6 Å². The van der Waals surface area contributed by atoms with E-state index < -0.39 is 0 Å². The number of halogens is 2. The lowest BCUT2D eigenvalue weighted by atomic mass is 10.2. The van der Waals surface area contributed by atoms with Gasteiger partial charge in [0, 0.05) is 28.8 Å². The summed E-state index contributed by atoms with van der Waals surface area (Å²) in [5.74, 6) is 0.696. The van der Waals surface area contributed by atoms with Crippen molar-refractivity contribution in [3.05, 3.63) is 57.5 Å². The Morgan fingerprint density at radius 1 is 1.18 bits per heavy atom. The van der Waals surface area contributed by atoms with E-state index in [0.717, 1.165) is 33.0 Å². The molecule has 4 nitrogen and oxygen atoms in total. The average molecular weight is 358 g/mol. The predicted octanol–water partition coefficient (Wildman–Crippen LogP) is 4.00. The maximum Gasteiger partial charge on any atom is 0.187 e. The lowest BCUT2D eigenvalue weighted by Crippen LogP contribution is -2.12. The third kappa shape index (κ3) is 3.66. The Hall–Kier alpha value is -1.43. The molecule has 0 saturated carbocycles. The minimum atomic E-state index is 0. The van der Waals surface area contributed by atoms with Crippen molar-refractivity contribution < 1.29 is 0 Å². The topological polar surface area (TPSA) is 61.5 Å². The van der Waals surface area contributed by atoms with Gasteiger partial charge in [-0.05, 0) is 26.0 Å². The molecule has 0 saturated heterocycles. The Morgan fingerprint density at radius 3 is 2.64 bits per heavy atom. The molecular formula is C15H17Cl2N3OS. The summed E-state index contributed by atoms with van der Waals surface area (Å²) in [4.78, 5) is 22.9. The zero-order valence-corrected chi connectivity index (χ0v) is 14.6. The van der Waals surface area contributed by atoms with Crippen molar-refractivity contribution in [3.63, 3.8) is 0 Å². The molecule has 2 aromatic heterocycles. The molecule has 0 spiro atoms. The minimum Gasteiger partial charge on any atom is -0.364 e. The van der Waals surface area contributed by atoms with Crippen molar-refractivity contribution in [3.8, 4) is 0 Å². The smallest absolute Gasteiger partial charge is 0.187 e. The van der Waals surface area contributed by atoms with Gasteiger partial charge in [-0.15, -0.1) is 24.8 Å². The highest BCUT2D eigenvalue weighted by Crippen LogP contribution is 2.22. The number of hydrogen-bond acceptors (Lipinski definition) is 3. The molecule has 1 aromatic carbocycles. The number of rotatable bonds is 3. The maximum absolute atomic E-state index is 11.9. The molecule has 3 rings (SSSR count). The van der Waals surface area contributed by atoms with Crippen LogP contribution in [-0.4, -0.2) is 15.0 Å². The second-order valence-corrected chi connectivity index (χ2v) is 5.72. The van der Waals surface area contributed by atoms with Crippen molar-refractivity contribution in [2.45, 2.75) is 24.8 Å². The zero-order chi connectivity index (χ0) is 14.1. The van der Waals surface area contributed by atoms with Crippen LogP contribution in [0.4, 0.5) is 0 Å². The SMILES string of the molecule is Cc1c[nH]c(CSc2nc3ccccc3[nH]2)c(C)c1=O.Cl.Cl. The van der Waals surface area contributed by atoms with Crippen LogP contribution in [0.1, 0.15) is 16.8 Å². The molecule has 0 fully saturated rings. The van der Waals surface area contributed by atoms with Crippen molar-refractivity contribution in [2.75, 3.05) is 0 Å². The lowest BCUT2D eigenvalue weighted by molar-refractivity contribution is 1.05. The van der Waals surface area contributed by atoms with Gasteiger partial charge in [-0.1, -0.05) is 23.9 Å². The first kappa shape index (κ1) is 18.6. The zero-order valence-electron chi connectivity index (χ0n) is 12.2. The molecule has 0 aliphatic carbocycles. The van der Waals surface area contributed by atoms with E-state index >= 15 is 0 Å². The van der Waals surface area contributed by atoms with E-state index in [-0.39, 0.29) is 30.2 Å². The summed E-state index contributed by atoms with van der Waals surface area (Å²) >= 11 is 1.59. The third-order valence-corrected chi connectivity index (χ3v) is 4.23. The van der Waals surface area contributed by atoms with Crippen molar-refractivity contribution in [1.82, 2.24) is 15.0 Å². The number of nitrogens with zero attached hydrogens (tertiary/aromatic N) is 1. The quantitative estimate of drug-likeness (QED) is 0.696. The second kappa shape index (κ2) is 7.72. The van der Waals surface area contributed by atoms with E-state index in [0.29, 0.717) is 5.75 Å². The first-order chi connectivity index (χ1) is 9.65. The largest absolute Gasteiger partial charge is 0.364 e. The molecule has 0 unspecified atom stereocenters. The number of H-pyrrole nitrogens is 2. The number of aromatic nitrogens is 3. The Morgan fingerprint density at radius 2 is 1.91 bits per heavy atom. The third-order valence-electron chi connectivity index (χ3n) is 3.34. The number of thioether (sulfide) groups is 1. The maximum atomic E-state index is 11.9. The molecule has 0 aliphatic heterocycles. The molecule has 0 bridgehead atoms. The van der Waals surface area contributed by atoms with Crippen LogP contribution < -0.4 is 5.43 Å². The standard InChI is InChI=1S/C15H15N3OS.2ClH/c1-9-7-16-13(10(2)14(9)19)8-20-15-17-11-5-3-4-6-12(11)18-15;;/h3-7H,8H2,1-2H3,(H,16,19)(H,17,18);2*1H. The number of para-hydroxylation sites is 2. The van der Waals surface area contributed by atoms with E-state index in [9.17, 15) is 4.79 Å². The Labute approximate surface area is 145 Å². The van der Waals surface area contributed by atoms with E-state index in [1.807, 2.05) is 38.1 Å². The fourth-order valence-corrected chi connectivity index (χ4v) is 3.02. The highest BCUT2D eigenvalue weighted by Gasteiger charge is 2.07. The summed E-state index contributed by atoms with van der Waals surface area (Å²) in [6.07, 6.45) is 1.77. The Bertz CT molecular complexity index is 796. The molecule has 0 aliphatic rings. The molecule has 0 amide bonds. The lowest BCUT2D eigenvalue weighted by Gasteiger charge is -2.04. The summed E-state index contributed by atoms with van der Waals surface area (Å²) in [5, 5.41) is 0.868. The first-order valence-electron chi connectivity index (χ1n) is 6.40. The number of imidazole rings is 1. The molecule has 0 radical (unpaired) electrons. The van der Waals surface area contributed by atoms with Gasteiger partial charge >= 0.3 is 0 Å². The van der Waals surface area contributed by atoms with Gasteiger partial charge in [-0.3, -0.25) is 4.79 Å². The molecular weight excluding hydrogens is 341 g/mol. The molecule has 118 valence electrons. The molecule has 3 aromatic rings. The number of nitrogens with one attached hydrogen (secondary N) is 2. The van der Waals surface area contributed by atoms with Crippen LogP contribution in [0.25, 0.3) is 11.0 Å². The molecule has 0 atom stereocenters. The van der Waals surface area contributed by atoms with Crippen LogP contribution in [0, 0.1) is 13.8 Å². The number of pyridine rings is 1. The monoisotopic (exact) mass is 357 g/mol. The number of aromatic amines is 2. The number of fused-ring (bicyclic) bond motifs is 1. The normalized spacial score (nSPS) is 10.1. The minimum absolute atomic E-state index is 0. The molecule has 2 N–H and O–H groups in total. The number of benzene rings is 1. The van der Waals surface area contributed by atoms with Crippen molar-refractivity contribution >= 4 is 47.6 Å².